The molecule has 0 spiro atoms. The van der Waals surface area contributed by atoms with Crippen molar-refractivity contribution in [2.45, 2.75) is 50.1 Å². The lowest BCUT2D eigenvalue weighted by molar-refractivity contribution is 0.100. The highest BCUT2D eigenvalue weighted by Gasteiger charge is 2.29. The number of sulfonamides is 1. The van der Waals surface area contributed by atoms with E-state index >= 15 is 0 Å². The summed E-state index contributed by atoms with van der Waals surface area (Å²) < 4.78 is 28.3. The molecule has 1 saturated heterocycles. The lowest BCUT2D eigenvalue weighted by Gasteiger charge is -2.40. The second-order valence-corrected chi connectivity index (χ2v) is 9.02. The van der Waals surface area contributed by atoms with Gasteiger partial charge in [0.1, 0.15) is 0 Å². The van der Waals surface area contributed by atoms with Crippen LogP contribution in [0.1, 0.15) is 33.6 Å². The van der Waals surface area contributed by atoms with Crippen molar-refractivity contribution in [1.82, 2.24) is 9.62 Å². The summed E-state index contributed by atoms with van der Waals surface area (Å²) in [5, 5.41) is 0. The Balaban J connectivity index is 2.02. The Bertz CT molecular complexity index is 588. The van der Waals surface area contributed by atoms with E-state index in [4.69, 9.17) is 0 Å². The van der Waals surface area contributed by atoms with Crippen molar-refractivity contribution in [2.24, 2.45) is 0 Å². The fourth-order valence-electron chi connectivity index (χ4n) is 2.61. The maximum absolute atomic E-state index is 12.4. The van der Waals surface area contributed by atoms with E-state index in [0.29, 0.717) is 9.37 Å². The molecule has 2 rings (SSSR count). The number of rotatable bonds is 3. The van der Waals surface area contributed by atoms with Crippen molar-refractivity contribution in [3.05, 3.63) is 28.7 Å². The van der Waals surface area contributed by atoms with Gasteiger partial charge in [-0.25, -0.2) is 13.1 Å². The van der Waals surface area contributed by atoms with Crippen LogP contribution in [0.2, 0.25) is 0 Å². The molecule has 0 bridgehead atoms. The molecule has 1 heterocycles. The minimum Gasteiger partial charge on any atom is -0.298 e. The van der Waals surface area contributed by atoms with Crippen molar-refractivity contribution >= 4 is 26.0 Å². The van der Waals surface area contributed by atoms with E-state index in [-0.39, 0.29) is 11.6 Å². The summed E-state index contributed by atoms with van der Waals surface area (Å²) in [5.74, 6) is 0. The van der Waals surface area contributed by atoms with Gasteiger partial charge in [0, 0.05) is 29.1 Å². The molecule has 0 aromatic heterocycles. The Kier molecular flexibility index (Phi) is 5.13. The zero-order valence-electron chi connectivity index (χ0n) is 12.8. The van der Waals surface area contributed by atoms with Crippen LogP contribution in [0.5, 0.6) is 0 Å². The van der Waals surface area contributed by atoms with Crippen LogP contribution in [0.3, 0.4) is 0 Å². The van der Waals surface area contributed by atoms with Gasteiger partial charge in [-0.3, -0.25) is 4.90 Å². The van der Waals surface area contributed by atoms with E-state index in [1.807, 2.05) is 6.07 Å². The van der Waals surface area contributed by atoms with E-state index < -0.39 is 10.0 Å². The van der Waals surface area contributed by atoms with Crippen molar-refractivity contribution in [1.29, 1.82) is 0 Å². The summed E-state index contributed by atoms with van der Waals surface area (Å²) in [5.41, 5.74) is 0.145. The highest BCUT2D eigenvalue weighted by molar-refractivity contribution is 9.10. The van der Waals surface area contributed by atoms with Gasteiger partial charge in [0.25, 0.3) is 0 Å². The minimum absolute atomic E-state index is 0.0145. The van der Waals surface area contributed by atoms with Gasteiger partial charge in [-0.05, 0) is 61.7 Å². The second-order valence-electron chi connectivity index (χ2n) is 6.48. The topological polar surface area (TPSA) is 49.4 Å². The number of piperidine rings is 1. The molecule has 4 nitrogen and oxygen atoms in total. The predicted molar refractivity (Wildman–Crippen MR) is 88.8 cm³/mol. The Labute approximate surface area is 136 Å². The summed E-state index contributed by atoms with van der Waals surface area (Å²) in [4.78, 5) is 2.71. The Hall–Kier alpha value is -0.430. The molecule has 0 aliphatic carbocycles. The van der Waals surface area contributed by atoms with Crippen LogP contribution in [0.4, 0.5) is 0 Å². The highest BCUT2D eigenvalue weighted by atomic mass is 79.9. The van der Waals surface area contributed by atoms with E-state index in [1.54, 1.807) is 18.2 Å². The first-order valence-electron chi connectivity index (χ1n) is 7.22. The monoisotopic (exact) mass is 374 g/mol. The zero-order chi connectivity index (χ0) is 15.7. The van der Waals surface area contributed by atoms with Crippen molar-refractivity contribution in [3.63, 3.8) is 0 Å². The SMILES string of the molecule is CC(C)(C)N1CCC(NS(=O)(=O)c2ccccc2Br)CC1. The first kappa shape index (κ1) is 16.9. The van der Waals surface area contributed by atoms with Gasteiger partial charge >= 0.3 is 0 Å². The summed E-state index contributed by atoms with van der Waals surface area (Å²) in [6, 6.07) is 6.93. The number of nitrogens with one attached hydrogen (secondary N) is 1. The second kappa shape index (κ2) is 6.36. The molecular formula is C15H23BrN2O2S. The van der Waals surface area contributed by atoms with Crippen LogP contribution in [0.15, 0.2) is 33.6 Å². The molecule has 1 aliphatic rings. The number of benzene rings is 1. The molecule has 0 amide bonds. The molecule has 0 radical (unpaired) electrons. The summed E-state index contributed by atoms with van der Waals surface area (Å²) in [6.07, 6.45) is 1.70. The van der Waals surface area contributed by atoms with Gasteiger partial charge in [0.2, 0.25) is 10.0 Å². The maximum Gasteiger partial charge on any atom is 0.241 e. The van der Waals surface area contributed by atoms with Crippen LogP contribution in [-0.4, -0.2) is 38.0 Å². The van der Waals surface area contributed by atoms with Crippen molar-refractivity contribution < 1.29 is 8.42 Å². The third kappa shape index (κ3) is 4.28. The number of hydrogen-bond donors (Lipinski definition) is 1. The molecular weight excluding hydrogens is 352 g/mol. The third-order valence-corrected chi connectivity index (χ3v) is 6.42. The maximum atomic E-state index is 12.4. The molecule has 1 N–H and O–H groups in total. The first-order chi connectivity index (χ1) is 9.70. The number of nitrogens with zero attached hydrogens (tertiary/aromatic N) is 1. The molecule has 6 heteroatoms. The smallest absolute Gasteiger partial charge is 0.241 e. The van der Waals surface area contributed by atoms with Crippen LogP contribution >= 0.6 is 15.9 Å². The average molecular weight is 375 g/mol. The van der Waals surface area contributed by atoms with Gasteiger partial charge in [0.15, 0.2) is 0 Å². The molecule has 0 atom stereocenters. The molecule has 0 unspecified atom stereocenters. The first-order valence-corrected chi connectivity index (χ1v) is 9.50. The predicted octanol–water partition coefficient (Wildman–Crippen LogP) is 2.99. The van der Waals surface area contributed by atoms with E-state index in [2.05, 4.69) is 46.3 Å². The quantitative estimate of drug-likeness (QED) is 0.884. The minimum atomic E-state index is -3.46. The van der Waals surface area contributed by atoms with Crippen LogP contribution in [-0.2, 0) is 10.0 Å². The summed E-state index contributed by atoms with van der Waals surface area (Å²) in [6.45, 7) is 8.43. The molecule has 1 aliphatic heterocycles. The Morgan fingerprint density at radius 1 is 1.19 bits per heavy atom. The lowest BCUT2D eigenvalue weighted by Crippen LogP contribution is -2.50. The van der Waals surface area contributed by atoms with Crippen molar-refractivity contribution in [3.8, 4) is 0 Å². The van der Waals surface area contributed by atoms with Crippen LogP contribution < -0.4 is 4.72 Å². The lowest BCUT2D eigenvalue weighted by atomic mass is 9.99. The van der Waals surface area contributed by atoms with Gasteiger partial charge in [0.05, 0.1) is 4.90 Å². The number of halogens is 1. The van der Waals surface area contributed by atoms with Gasteiger partial charge in [-0.15, -0.1) is 0 Å². The van der Waals surface area contributed by atoms with E-state index in [1.165, 1.54) is 0 Å². The van der Waals surface area contributed by atoms with Crippen molar-refractivity contribution in [2.75, 3.05) is 13.1 Å². The van der Waals surface area contributed by atoms with Crippen LogP contribution in [0.25, 0.3) is 0 Å². The summed E-state index contributed by atoms with van der Waals surface area (Å²) >= 11 is 3.31. The average Bonchev–Trinajstić information content (AvgIpc) is 2.38. The van der Waals surface area contributed by atoms with Gasteiger partial charge in [-0.2, -0.15) is 0 Å². The third-order valence-electron chi connectivity index (χ3n) is 3.89. The van der Waals surface area contributed by atoms with E-state index in [9.17, 15) is 8.42 Å². The summed E-state index contributed by atoms with van der Waals surface area (Å²) in [7, 11) is -3.46. The zero-order valence-corrected chi connectivity index (χ0v) is 15.2. The normalized spacial score (nSPS) is 18.9. The molecule has 1 aromatic rings. The molecule has 21 heavy (non-hydrogen) atoms. The molecule has 118 valence electrons. The number of likely N-dealkylation sites (tertiary alicyclic amines) is 1. The Morgan fingerprint density at radius 3 is 2.29 bits per heavy atom. The van der Waals surface area contributed by atoms with E-state index in [0.717, 1.165) is 25.9 Å². The fourth-order valence-corrected chi connectivity index (χ4v) is 4.92. The largest absolute Gasteiger partial charge is 0.298 e. The molecule has 0 saturated carbocycles. The molecule has 1 aromatic carbocycles. The number of hydrogen-bond acceptors (Lipinski definition) is 3. The Morgan fingerprint density at radius 2 is 1.76 bits per heavy atom. The van der Waals surface area contributed by atoms with Gasteiger partial charge in [-0.1, -0.05) is 12.1 Å². The van der Waals surface area contributed by atoms with Crippen LogP contribution in [0, 0.1) is 0 Å². The molecule has 1 fully saturated rings. The highest BCUT2D eigenvalue weighted by Crippen LogP contribution is 2.24. The van der Waals surface area contributed by atoms with Gasteiger partial charge < -0.3 is 0 Å². The standard InChI is InChI=1S/C15H23BrN2O2S/c1-15(2,3)18-10-8-12(9-11-18)17-21(19,20)14-7-5-4-6-13(14)16/h4-7,12,17H,8-11H2,1-3H3. The fraction of sp³-hybridized carbons (Fsp3) is 0.600.